The Bertz CT molecular complexity index is 347. The van der Waals surface area contributed by atoms with Crippen LogP contribution in [0.2, 0.25) is 5.31 Å². The molecule has 3 heteroatoms. The largest absolute Gasteiger partial charge is 0.463 e. The average molecular weight is 236 g/mol. The zero-order chi connectivity index (χ0) is 12.6. The van der Waals surface area contributed by atoms with E-state index in [9.17, 15) is 0 Å². The molecule has 0 aromatic heterocycles. The molecule has 0 aromatic carbocycles. The zero-order valence-corrected chi connectivity index (χ0v) is 12.0. The van der Waals surface area contributed by atoms with Gasteiger partial charge in [0, 0.05) is 0 Å². The molecule has 2 nitrogen and oxygen atoms in total. The third kappa shape index (κ3) is 1.42. The van der Waals surface area contributed by atoms with Crippen LogP contribution in [0.5, 0.6) is 0 Å². The van der Waals surface area contributed by atoms with E-state index < -0.39 is 0 Å². The normalized spacial score (nSPS) is 47.6. The van der Waals surface area contributed by atoms with Gasteiger partial charge in [0.05, 0.1) is 11.7 Å². The molecule has 4 fully saturated rings. The van der Waals surface area contributed by atoms with Gasteiger partial charge in [0.2, 0.25) is 0 Å². The minimum absolute atomic E-state index is 0.0346. The van der Waals surface area contributed by atoms with E-state index in [1.54, 1.807) is 0 Å². The fourth-order valence-corrected chi connectivity index (χ4v) is 4.24. The summed E-state index contributed by atoms with van der Waals surface area (Å²) in [5.74, 6) is 1.51. The Kier molecular flexibility index (Phi) is 2.20. The summed E-state index contributed by atoms with van der Waals surface area (Å²) in [5.41, 5.74) is 0.400. The molecule has 3 saturated carbocycles. The summed E-state index contributed by atoms with van der Waals surface area (Å²) >= 11 is 0. The van der Waals surface area contributed by atoms with E-state index in [0.717, 1.165) is 5.92 Å². The van der Waals surface area contributed by atoms with Crippen molar-refractivity contribution in [3.8, 4) is 0 Å². The fourth-order valence-electron chi connectivity index (χ4n) is 4.24. The van der Waals surface area contributed by atoms with Crippen molar-refractivity contribution >= 4 is 7.12 Å². The van der Waals surface area contributed by atoms with Crippen LogP contribution in [0.1, 0.15) is 54.4 Å². The van der Waals surface area contributed by atoms with Crippen molar-refractivity contribution < 1.29 is 9.31 Å². The summed E-state index contributed by atoms with van der Waals surface area (Å²) in [6.45, 7) is 13.7. The first-order chi connectivity index (χ1) is 7.65. The van der Waals surface area contributed by atoms with Crippen LogP contribution in [0.3, 0.4) is 0 Å². The summed E-state index contributed by atoms with van der Waals surface area (Å²) < 4.78 is 12.6. The number of hydrogen-bond donors (Lipinski definition) is 0. The quantitative estimate of drug-likeness (QED) is 0.599. The molecule has 4 atom stereocenters. The van der Waals surface area contributed by atoms with E-state index in [4.69, 9.17) is 9.31 Å². The van der Waals surface area contributed by atoms with Gasteiger partial charge in [-0.15, -0.1) is 0 Å². The van der Waals surface area contributed by atoms with Crippen LogP contribution in [0, 0.1) is 17.3 Å². The second kappa shape index (κ2) is 3.11. The molecule has 0 aromatic rings. The molecular formula is C14H25BO2. The predicted molar refractivity (Wildman–Crippen MR) is 69.8 cm³/mol. The number of rotatable bonds is 0. The van der Waals surface area contributed by atoms with E-state index in [0.29, 0.717) is 17.4 Å². The van der Waals surface area contributed by atoms with Gasteiger partial charge in [-0.25, -0.2) is 0 Å². The first kappa shape index (κ1) is 12.0. The smallest absolute Gasteiger partial charge is 0.405 e. The van der Waals surface area contributed by atoms with Crippen LogP contribution < -0.4 is 0 Å². The standard InChI is InChI=1S/C14H25BO2/c1-12(2,3)15-16-11-8-9-7-10(13(9,4)5)14(11,6)17-15/h9-11H,7-8H2,1-6H3/t9?,10-,11?,14-/m0/s1. The lowest BCUT2D eigenvalue weighted by atomic mass is 9.43. The highest BCUT2D eigenvalue weighted by Crippen LogP contribution is 2.66. The molecule has 1 heterocycles. The molecule has 2 bridgehead atoms. The van der Waals surface area contributed by atoms with Crippen molar-refractivity contribution in [3.05, 3.63) is 0 Å². The molecule has 96 valence electrons. The lowest BCUT2D eigenvalue weighted by Gasteiger charge is -2.64. The molecule has 1 saturated heterocycles. The van der Waals surface area contributed by atoms with E-state index in [2.05, 4.69) is 41.5 Å². The third-order valence-electron chi connectivity index (χ3n) is 5.66. The van der Waals surface area contributed by atoms with Crippen LogP contribution in [-0.4, -0.2) is 18.8 Å². The summed E-state index contributed by atoms with van der Waals surface area (Å²) in [7, 11) is -0.0346. The van der Waals surface area contributed by atoms with E-state index >= 15 is 0 Å². The fraction of sp³-hybridized carbons (Fsp3) is 1.00. The lowest BCUT2D eigenvalue weighted by Crippen LogP contribution is -2.65. The van der Waals surface area contributed by atoms with Gasteiger partial charge in [-0.2, -0.15) is 0 Å². The Morgan fingerprint density at radius 1 is 1.12 bits per heavy atom. The molecule has 0 N–H and O–H groups in total. The Morgan fingerprint density at radius 3 is 2.29 bits per heavy atom. The first-order valence-electron chi connectivity index (χ1n) is 6.99. The predicted octanol–water partition coefficient (Wildman–Crippen LogP) is 3.51. The molecule has 3 aliphatic carbocycles. The summed E-state index contributed by atoms with van der Waals surface area (Å²) in [4.78, 5) is 0. The van der Waals surface area contributed by atoms with Crippen molar-refractivity contribution in [3.63, 3.8) is 0 Å². The van der Waals surface area contributed by atoms with Gasteiger partial charge >= 0.3 is 7.12 Å². The third-order valence-corrected chi connectivity index (χ3v) is 5.66. The summed E-state index contributed by atoms with van der Waals surface area (Å²) in [5, 5.41) is 0.0783. The highest BCUT2D eigenvalue weighted by Gasteiger charge is 2.68. The topological polar surface area (TPSA) is 18.5 Å². The molecule has 17 heavy (non-hydrogen) atoms. The van der Waals surface area contributed by atoms with Crippen molar-refractivity contribution in [2.45, 2.75) is 71.4 Å². The Morgan fingerprint density at radius 2 is 1.76 bits per heavy atom. The van der Waals surface area contributed by atoms with E-state index in [1.807, 2.05) is 0 Å². The Balaban J connectivity index is 1.87. The van der Waals surface area contributed by atoms with Crippen LogP contribution in [0.25, 0.3) is 0 Å². The molecular weight excluding hydrogens is 211 g/mol. The first-order valence-corrected chi connectivity index (χ1v) is 6.99. The van der Waals surface area contributed by atoms with Crippen molar-refractivity contribution in [2.24, 2.45) is 17.3 Å². The second-order valence-electron chi connectivity index (χ2n) is 8.17. The minimum atomic E-state index is -0.0454. The molecule has 4 rings (SSSR count). The molecule has 0 radical (unpaired) electrons. The van der Waals surface area contributed by atoms with Crippen LogP contribution in [-0.2, 0) is 9.31 Å². The van der Waals surface area contributed by atoms with Gasteiger partial charge in [-0.3, -0.25) is 0 Å². The average Bonchev–Trinajstić information content (AvgIpc) is 2.53. The zero-order valence-electron chi connectivity index (χ0n) is 12.0. The highest BCUT2D eigenvalue weighted by atomic mass is 16.7. The van der Waals surface area contributed by atoms with Gasteiger partial charge in [0.25, 0.3) is 0 Å². The van der Waals surface area contributed by atoms with Crippen molar-refractivity contribution in [2.75, 3.05) is 0 Å². The van der Waals surface area contributed by atoms with Gasteiger partial charge in [0.1, 0.15) is 0 Å². The van der Waals surface area contributed by atoms with Crippen LogP contribution >= 0.6 is 0 Å². The molecule has 0 amide bonds. The van der Waals surface area contributed by atoms with Gasteiger partial charge in [-0.05, 0) is 42.3 Å². The van der Waals surface area contributed by atoms with E-state index in [1.165, 1.54) is 12.8 Å². The van der Waals surface area contributed by atoms with E-state index in [-0.39, 0.29) is 18.0 Å². The van der Waals surface area contributed by atoms with Gasteiger partial charge in [0.15, 0.2) is 0 Å². The lowest BCUT2D eigenvalue weighted by molar-refractivity contribution is -0.199. The summed E-state index contributed by atoms with van der Waals surface area (Å²) in [6, 6.07) is 0. The molecule has 0 spiro atoms. The molecule has 4 aliphatic rings. The Labute approximate surface area is 106 Å². The van der Waals surface area contributed by atoms with Gasteiger partial charge < -0.3 is 9.31 Å². The van der Waals surface area contributed by atoms with Gasteiger partial charge in [-0.1, -0.05) is 34.6 Å². The van der Waals surface area contributed by atoms with Crippen LogP contribution in [0.15, 0.2) is 0 Å². The molecule has 2 unspecified atom stereocenters. The van der Waals surface area contributed by atoms with Crippen molar-refractivity contribution in [1.29, 1.82) is 0 Å². The number of hydrogen-bond acceptors (Lipinski definition) is 2. The maximum absolute atomic E-state index is 6.38. The monoisotopic (exact) mass is 236 g/mol. The molecule has 1 aliphatic heterocycles. The SMILES string of the molecule is CC(C)(C)B1OC2CC3C[C@@H](C3(C)C)[C@]2(C)O1. The van der Waals surface area contributed by atoms with Crippen LogP contribution in [0.4, 0.5) is 0 Å². The maximum Gasteiger partial charge on any atom is 0.463 e. The van der Waals surface area contributed by atoms with Crippen molar-refractivity contribution in [1.82, 2.24) is 0 Å². The summed E-state index contributed by atoms with van der Waals surface area (Å²) in [6.07, 6.45) is 2.84. The maximum atomic E-state index is 6.38. The minimum Gasteiger partial charge on any atom is -0.405 e. The highest BCUT2D eigenvalue weighted by molar-refractivity contribution is 6.49. The Hall–Kier alpha value is -0.0151. The second-order valence-corrected chi connectivity index (χ2v) is 8.17.